The molecule has 0 saturated carbocycles. The Labute approximate surface area is 183 Å². The SMILES string of the molecule is COCCCN1C(=O)C(=O)/C(=C(/O)c2cc(C)c(OC)cc2C)C1c1ccccc1C. The highest BCUT2D eigenvalue weighted by Crippen LogP contribution is 2.41. The number of methoxy groups -OCH3 is 2. The molecule has 1 N–H and O–H groups in total. The molecule has 1 aliphatic heterocycles. The number of carbonyl (C=O) groups excluding carboxylic acids is 2. The van der Waals surface area contributed by atoms with E-state index in [0.717, 1.165) is 22.3 Å². The molecule has 0 aromatic heterocycles. The third-order valence-corrected chi connectivity index (χ3v) is 5.77. The summed E-state index contributed by atoms with van der Waals surface area (Å²) < 4.78 is 10.5. The van der Waals surface area contributed by atoms with Crippen LogP contribution in [0.4, 0.5) is 0 Å². The first-order valence-electron chi connectivity index (χ1n) is 10.3. The van der Waals surface area contributed by atoms with Crippen LogP contribution >= 0.6 is 0 Å². The number of ether oxygens (including phenoxy) is 2. The van der Waals surface area contributed by atoms with Gasteiger partial charge in [-0.15, -0.1) is 0 Å². The minimum absolute atomic E-state index is 0.115. The largest absolute Gasteiger partial charge is 0.507 e. The lowest BCUT2D eigenvalue weighted by Crippen LogP contribution is -2.31. The van der Waals surface area contributed by atoms with Gasteiger partial charge >= 0.3 is 0 Å². The van der Waals surface area contributed by atoms with Crippen molar-refractivity contribution in [2.24, 2.45) is 0 Å². The number of nitrogens with zero attached hydrogens (tertiary/aromatic N) is 1. The van der Waals surface area contributed by atoms with Crippen molar-refractivity contribution >= 4 is 17.4 Å². The fraction of sp³-hybridized carbons (Fsp3) is 0.360. The van der Waals surface area contributed by atoms with Crippen molar-refractivity contribution in [2.75, 3.05) is 27.4 Å². The van der Waals surface area contributed by atoms with Gasteiger partial charge in [-0.3, -0.25) is 9.59 Å². The lowest BCUT2D eigenvalue weighted by Gasteiger charge is -2.26. The van der Waals surface area contributed by atoms with Crippen LogP contribution in [-0.2, 0) is 14.3 Å². The standard InChI is InChI=1S/C25H29NO5/c1-15-9-6-7-10-18(15)22-21(24(28)25(29)26(22)11-8-12-30-4)23(27)19-13-17(3)20(31-5)14-16(19)2/h6-7,9-10,13-14,22,27H,8,11-12H2,1-5H3/b23-21+. The molecule has 31 heavy (non-hydrogen) atoms. The van der Waals surface area contributed by atoms with Crippen molar-refractivity contribution in [2.45, 2.75) is 33.2 Å². The highest BCUT2D eigenvalue weighted by atomic mass is 16.5. The van der Waals surface area contributed by atoms with Crippen LogP contribution in [0.25, 0.3) is 5.76 Å². The van der Waals surface area contributed by atoms with E-state index in [9.17, 15) is 14.7 Å². The van der Waals surface area contributed by atoms with Crippen LogP contribution in [0.2, 0.25) is 0 Å². The van der Waals surface area contributed by atoms with Crippen LogP contribution < -0.4 is 4.74 Å². The summed E-state index contributed by atoms with van der Waals surface area (Å²) in [5, 5.41) is 11.3. The molecule has 1 aliphatic rings. The van der Waals surface area contributed by atoms with Gasteiger partial charge in [0.1, 0.15) is 11.5 Å². The number of likely N-dealkylation sites (tertiary alicyclic amines) is 1. The van der Waals surface area contributed by atoms with Gasteiger partial charge in [0.05, 0.1) is 18.7 Å². The maximum atomic E-state index is 13.1. The van der Waals surface area contributed by atoms with E-state index in [0.29, 0.717) is 30.9 Å². The number of hydrogen-bond donors (Lipinski definition) is 1. The quantitative estimate of drug-likeness (QED) is 0.314. The van der Waals surface area contributed by atoms with Gasteiger partial charge in [-0.05, 0) is 61.6 Å². The minimum atomic E-state index is -0.670. The number of ketones is 1. The minimum Gasteiger partial charge on any atom is -0.507 e. The fourth-order valence-electron chi connectivity index (χ4n) is 4.12. The summed E-state index contributed by atoms with van der Waals surface area (Å²) >= 11 is 0. The molecule has 2 aromatic carbocycles. The molecule has 0 radical (unpaired) electrons. The molecular formula is C25H29NO5. The number of amides is 1. The highest BCUT2D eigenvalue weighted by Gasteiger charge is 2.46. The zero-order valence-corrected chi connectivity index (χ0v) is 18.7. The smallest absolute Gasteiger partial charge is 0.295 e. The van der Waals surface area contributed by atoms with Crippen LogP contribution in [0.5, 0.6) is 5.75 Å². The fourth-order valence-corrected chi connectivity index (χ4v) is 4.12. The molecule has 1 amide bonds. The first-order valence-corrected chi connectivity index (χ1v) is 10.3. The second kappa shape index (κ2) is 9.35. The monoisotopic (exact) mass is 423 g/mol. The summed E-state index contributed by atoms with van der Waals surface area (Å²) in [5.41, 5.74) is 3.99. The molecule has 6 heteroatoms. The number of aliphatic hydroxyl groups excluding tert-OH is 1. The van der Waals surface area contributed by atoms with Crippen molar-refractivity contribution in [1.82, 2.24) is 4.90 Å². The average Bonchev–Trinajstić information content (AvgIpc) is 3.00. The predicted octanol–water partition coefficient (Wildman–Crippen LogP) is 4.08. The average molecular weight is 424 g/mol. The maximum Gasteiger partial charge on any atom is 0.295 e. The maximum absolute atomic E-state index is 13.1. The molecule has 1 heterocycles. The molecule has 164 valence electrons. The summed E-state index contributed by atoms with van der Waals surface area (Å²) in [5.74, 6) is -0.738. The first kappa shape index (κ1) is 22.6. The van der Waals surface area contributed by atoms with E-state index in [2.05, 4.69) is 0 Å². The highest BCUT2D eigenvalue weighted by molar-refractivity contribution is 6.46. The van der Waals surface area contributed by atoms with E-state index < -0.39 is 17.7 Å². The van der Waals surface area contributed by atoms with Crippen molar-refractivity contribution < 1.29 is 24.2 Å². The van der Waals surface area contributed by atoms with Gasteiger partial charge in [-0.1, -0.05) is 24.3 Å². The topological polar surface area (TPSA) is 76.1 Å². The third-order valence-electron chi connectivity index (χ3n) is 5.77. The molecule has 1 fully saturated rings. The van der Waals surface area contributed by atoms with Crippen molar-refractivity contribution in [1.29, 1.82) is 0 Å². The van der Waals surface area contributed by atoms with Gasteiger partial charge in [0.25, 0.3) is 11.7 Å². The van der Waals surface area contributed by atoms with Gasteiger partial charge in [0.15, 0.2) is 0 Å². The molecule has 1 atom stereocenters. The van der Waals surface area contributed by atoms with Gasteiger partial charge in [0.2, 0.25) is 0 Å². The third kappa shape index (κ3) is 4.21. The Bertz CT molecular complexity index is 1040. The van der Waals surface area contributed by atoms with Crippen molar-refractivity contribution in [3.63, 3.8) is 0 Å². The van der Waals surface area contributed by atoms with Gasteiger partial charge < -0.3 is 19.5 Å². The van der Waals surface area contributed by atoms with Crippen LogP contribution in [0.3, 0.4) is 0 Å². The molecule has 0 aliphatic carbocycles. The van der Waals surface area contributed by atoms with Gasteiger partial charge in [0, 0.05) is 25.8 Å². The number of aryl methyl sites for hydroxylation is 3. The second-order valence-corrected chi connectivity index (χ2v) is 7.83. The molecule has 0 bridgehead atoms. The Kier molecular flexibility index (Phi) is 6.81. The van der Waals surface area contributed by atoms with Crippen molar-refractivity contribution in [3.05, 3.63) is 69.8 Å². The van der Waals surface area contributed by atoms with Gasteiger partial charge in [-0.2, -0.15) is 0 Å². The molecule has 6 nitrogen and oxygen atoms in total. The summed E-state index contributed by atoms with van der Waals surface area (Å²) in [6, 6.07) is 10.6. The predicted molar refractivity (Wildman–Crippen MR) is 119 cm³/mol. The zero-order chi connectivity index (χ0) is 22.7. The number of Topliss-reactive ketones (excluding diaryl/α,β-unsaturated/α-hetero) is 1. The molecule has 1 unspecified atom stereocenters. The Morgan fingerprint density at radius 2 is 1.74 bits per heavy atom. The van der Waals surface area contributed by atoms with E-state index in [-0.39, 0.29) is 11.3 Å². The summed E-state index contributed by atoms with van der Waals surface area (Å²) in [4.78, 5) is 27.6. The normalized spacial score (nSPS) is 18.0. The van der Waals surface area contributed by atoms with Gasteiger partial charge in [-0.25, -0.2) is 0 Å². The molecule has 1 saturated heterocycles. The number of benzene rings is 2. The zero-order valence-electron chi connectivity index (χ0n) is 18.7. The second-order valence-electron chi connectivity index (χ2n) is 7.83. The Morgan fingerprint density at radius 1 is 1.03 bits per heavy atom. The van der Waals surface area contributed by atoms with E-state index in [1.54, 1.807) is 25.2 Å². The van der Waals surface area contributed by atoms with Crippen molar-refractivity contribution in [3.8, 4) is 5.75 Å². The summed E-state index contributed by atoms with van der Waals surface area (Å²) in [6.45, 7) is 6.48. The Hall–Kier alpha value is -3.12. The van der Waals surface area contributed by atoms with Crippen LogP contribution in [0, 0.1) is 20.8 Å². The van der Waals surface area contributed by atoms with E-state index in [4.69, 9.17) is 9.47 Å². The summed E-state index contributed by atoms with van der Waals surface area (Å²) in [6.07, 6.45) is 0.590. The Morgan fingerprint density at radius 3 is 2.39 bits per heavy atom. The van der Waals surface area contributed by atoms with E-state index >= 15 is 0 Å². The first-order chi connectivity index (χ1) is 14.8. The molecular weight excluding hydrogens is 394 g/mol. The number of carbonyl (C=O) groups is 2. The Balaban J connectivity index is 2.20. The van der Waals surface area contributed by atoms with Crippen LogP contribution in [0.1, 0.15) is 40.3 Å². The molecule has 3 rings (SSSR count). The van der Waals surface area contributed by atoms with E-state index in [1.807, 2.05) is 51.1 Å². The molecule has 2 aromatic rings. The number of hydrogen-bond acceptors (Lipinski definition) is 5. The summed E-state index contributed by atoms with van der Waals surface area (Å²) in [7, 11) is 3.19. The van der Waals surface area contributed by atoms with Crippen LogP contribution in [-0.4, -0.2) is 49.1 Å². The lowest BCUT2D eigenvalue weighted by molar-refractivity contribution is -0.140. The molecule has 0 spiro atoms. The number of rotatable bonds is 7. The lowest BCUT2D eigenvalue weighted by atomic mass is 9.91. The number of aliphatic hydroxyl groups is 1. The van der Waals surface area contributed by atoms with Crippen LogP contribution in [0.15, 0.2) is 42.0 Å². The van der Waals surface area contributed by atoms with E-state index in [1.165, 1.54) is 0 Å².